The second-order valence-electron chi connectivity index (χ2n) is 13.6. The van der Waals surface area contributed by atoms with E-state index in [1.165, 1.54) is 16.8 Å². The van der Waals surface area contributed by atoms with Crippen LogP contribution in [-0.4, -0.2) is 79.5 Å². The molecule has 0 spiro atoms. The summed E-state index contributed by atoms with van der Waals surface area (Å²) in [5.74, 6) is 0.169. The molecule has 2 bridgehead atoms. The molecule has 2 saturated heterocycles. The van der Waals surface area contributed by atoms with Crippen molar-refractivity contribution in [2.45, 2.75) is 57.5 Å². The average molecular weight is 664 g/mol. The van der Waals surface area contributed by atoms with Gasteiger partial charge >= 0.3 is 0 Å². The number of nitrogens with one attached hydrogen (secondary N) is 1. The van der Waals surface area contributed by atoms with Crippen LogP contribution in [-0.2, 0) is 36.1 Å². The molecule has 11 heteroatoms. The van der Waals surface area contributed by atoms with E-state index >= 15 is 0 Å². The van der Waals surface area contributed by atoms with Gasteiger partial charge < -0.3 is 28.7 Å². The van der Waals surface area contributed by atoms with Gasteiger partial charge in [0.25, 0.3) is 5.91 Å². The summed E-state index contributed by atoms with van der Waals surface area (Å²) in [5, 5.41) is 0. The van der Waals surface area contributed by atoms with Crippen LogP contribution in [0.15, 0.2) is 54.6 Å². The van der Waals surface area contributed by atoms with Crippen LogP contribution in [0.4, 0.5) is 17.1 Å². The molecular formula is C36H45N3O7S. The van der Waals surface area contributed by atoms with Crippen LogP contribution in [0.25, 0.3) is 11.1 Å². The number of ether oxygens (including phenoxy) is 4. The van der Waals surface area contributed by atoms with E-state index < -0.39 is 10.0 Å². The Labute approximate surface area is 278 Å². The summed E-state index contributed by atoms with van der Waals surface area (Å²) in [5.41, 5.74) is 7.28. The summed E-state index contributed by atoms with van der Waals surface area (Å²) in [7, 11) is -2.03. The maximum Gasteiger partial charge on any atom is 0.258 e. The van der Waals surface area contributed by atoms with Crippen LogP contribution in [0.5, 0.6) is 5.75 Å². The number of rotatable bonds is 11. The lowest BCUT2D eigenvalue weighted by atomic mass is 9.84. The lowest BCUT2D eigenvalue weighted by Crippen LogP contribution is -2.46. The zero-order valence-electron chi connectivity index (χ0n) is 27.9. The van der Waals surface area contributed by atoms with Gasteiger partial charge in [-0.05, 0) is 71.7 Å². The first-order valence-corrected chi connectivity index (χ1v) is 18.1. The first kappa shape index (κ1) is 33.3. The standard InChI is InChI=1S/C36H45N3O7S/c1-36(2,3)26-7-12-30(33(19-26)39-28-8-9-29(39)22-45-21-28)24-6-11-31-25(18-24)14-15-38(35(31)40)27-10-13-34(46-23-44-17-16-43-4)32(20-27)37-47(5,41)42/h6-7,10-13,18-20,28-29,37H,8-9,14-17,21-23H2,1-5H3/t28-,29+. The van der Waals surface area contributed by atoms with E-state index in [9.17, 15) is 13.2 Å². The minimum absolute atomic E-state index is 0.0171. The first-order valence-electron chi connectivity index (χ1n) is 16.2. The van der Waals surface area contributed by atoms with Crippen LogP contribution in [0.2, 0.25) is 0 Å². The van der Waals surface area contributed by atoms with Crippen LogP contribution < -0.4 is 19.3 Å². The second kappa shape index (κ2) is 13.5. The largest absolute Gasteiger partial charge is 0.465 e. The summed E-state index contributed by atoms with van der Waals surface area (Å²) in [6, 6.07) is 18.8. The van der Waals surface area contributed by atoms with E-state index in [-0.39, 0.29) is 23.8 Å². The third-order valence-electron chi connectivity index (χ3n) is 9.18. The van der Waals surface area contributed by atoms with E-state index in [0.29, 0.717) is 55.3 Å². The van der Waals surface area contributed by atoms with Crippen LogP contribution >= 0.6 is 0 Å². The lowest BCUT2D eigenvalue weighted by Gasteiger charge is -2.39. The van der Waals surface area contributed by atoms with Crippen molar-refractivity contribution in [3.05, 3.63) is 71.3 Å². The molecule has 252 valence electrons. The fourth-order valence-corrected chi connectivity index (χ4v) is 7.34. The number of nitrogens with zero attached hydrogens (tertiary/aromatic N) is 2. The Morgan fingerprint density at radius 3 is 2.40 bits per heavy atom. The Bertz CT molecular complexity index is 1720. The number of hydrogen-bond donors (Lipinski definition) is 1. The van der Waals surface area contributed by atoms with Crippen molar-refractivity contribution in [2.75, 3.05) is 67.7 Å². The molecule has 6 rings (SSSR count). The highest BCUT2D eigenvalue weighted by Gasteiger charge is 2.39. The second-order valence-corrected chi connectivity index (χ2v) is 15.4. The molecule has 3 aromatic rings. The molecule has 0 aliphatic carbocycles. The molecule has 0 aromatic heterocycles. The normalized spacial score (nSPS) is 19.6. The van der Waals surface area contributed by atoms with Gasteiger partial charge in [0.15, 0.2) is 6.79 Å². The van der Waals surface area contributed by atoms with E-state index in [4.69, 9.17) is 18.9 Å². The zero-order chi connectivity index (χ0) is 33.3. The maximum atomic E-state index is 13.9. The predicted octanol–water partition coefficient (Wildman–Crippen LogP) is 5.59. The van der Waals surface area contributed by atoms with Gasteiger partial charge in [-0.25, -0.2) is 8.42 Å². The molecule has 3 aliphatic rings. The molecule has 3 aromatic carbocycles. The van der Waals surface area contributed by atoms with Crippen molar-refractivity contribution in [1.29, 1.82) is 0 Å². The van der Waals surface area contributed by atoms with E-state index in [0.717, 1.165) is 43.4 Å². The van der Waals surface area contributed by atoms with Gasteiger partial charge in [0.1, 0.15) is 5.75 Å². The molecule has 47 heavy (non-hydrogen) atoms. The van der Waals surface area contributed by atoms with Gasteiger partial charge in [0.2, 0.25) is 10.0 Å². The van der Waals surface area contributed by atoms with Crippen LogP contribution in [0.1, 0.15) is 55.1 Å². The Morgan fingerprint density at radius 2 is 1.70 bits per heavy atom. The van der Waals surface area contributed by atoms with E-state index in [2.05, 4.69) is 60.7 Å². The number of fused-ring (bicyclic) bond motifs is 3. The number of sulfonamides is 1. The summed E-state index contributed by atoms with van der Waals surface area (Å²) < 4.78 is 48.8. The molecule has 3 heterocycles. The lowest BCUT2D eigenvalue weighted by molar-refractivity contribution is -0.00814. The number of hydrogen-bond acceptors (Lipinski definition) is 8. The Balaban J connectivity index is 1.28. The summed E-state index contributed by atoms with van der Waals surface area (Å²) in [6.07, 6.45) is 4.00. The van der Waals surface area contributed by atoms with E-state index in [1.54, 1.807) is 30.2 Å². The van der Waals surface area contributed by atoms with Crippen LogP contribution in [0, 0.1) is 0 Å². The van der Waals surface area contributed by atoms with Crippen molar-refractivity contribution in [2.24, 2.45) is 0 Å². The molecule has 3 aliphatic heterocycles. The smallest absolute Gasteiger partial charge is 0.258 e. The summed E-state index contributed by atoms with van der Waals surface area (Å²) in [4.78, 5) is 18.2. The van der Waals surface area contributed by atoms with Crippen molar-refractivity contribution >= 4 is 33.0 Å². The van der Waals surface area contributed by atoms with Gasteiger partial charge in [0, 0.05) is 36.2 Å². The van der Waals surface area contributed by atoms with Gasteiger partial charge in [-0.15, -0.1) is 0 Å². The minimum Gasteiger partial charge on any atom is -0.465 e. The van der Waals surface area contributed by atoms with Crippen molar-refractivity contribution in [1.82, 2.24) is 0 Å². The molecule has 2 fully saturated rings. The van der Waals surface area contributed by atoms with Crippen molar-refractivity contribution < 1.29 is 32.2 Å². The number of benzene rings is 3. The number of methoxy groups -OCH3 is 1. The molecule has 10 nitrogen and oxygen atoms in total. The molecular weight excluding hydrogens is 618 g/mol. The Hall–Kier alpha value is -3.64. The van der Waals surface area contributed by atoms with Gasteiger partial charge in [0.05, 0.1) is 50.5 Å². The number of amides is 1. The molecule has 0 unspecified atom stereocenters. The third kappa shape index (κ3) is 7.28. The molecule has 0 radical (unpaired) electrons. The summed E-state index contributed by atoms with van der Waals surface area (Å²) in [6.45, 7) is 9.37. The fourth-order valence-electron chi connectivity index (χ4n) is 6.78. The summed E-state index contributed by atoms with van der Waals surface area (Å²) >= 11 is 0. The molecule has 1 N–H and O–H groups in total. The number of carbonyl (C=O) groups excluding carboxylic acids is 1. The first-order chi connectivity index (χ1) is 22.4. The fraction of sp³-hybridized carbons (Fsp3) is 0.472. The highest BCUT2D eigenvalue weighted by Crippen LogP contribution is 2.43. The van der Waals surface area contributed by atoms with Crippen LogP contribution in [0.3, 0.4) is 0 Å². The number of carbonyl (C=O) groups is 1. The maximum absolute atomic E-state index is 13.9. The van der Waals surface area contributed by atoms with Crippen molar-refractivity contribution in [3.8, 4) is 16.9 Å². The average Bonchev–Trinajstić information content (AvgIpc) is 3.27. The minimum atomic E-state index is -3.61. The SMILES string of the molecule is COCCOCOc1ccc(N2CCc3cc(-c4ccc(C(C)(C)C)cc4N4[C@@H]5CC[C@H]4COC5)ccc3C2=O)cc1NS(C)(=O)=O. The van der Waals surface area contributed by atoms with Gasteiger partial charge in [-0.3, -0.25) is 9.52 Å². The topological polar surface area (TPSA) is 107 Å². The molecule has 1 amide bonds. The molecule has 0 saturated carbocycles. The molecule has 2 atom stereocenters. The Kier molecular flexibility index (Phi) is 9.53. The number of anilines is 3. The quantitative estimate of drug-likeness (QED) is 0.209. The third-order valence-corrected chi connectivity index (χ3v) is 9.77. The highest BCUT2D eigenvalue weighted by molar-refractivity contribution is 7.92. The van der Waals surface area contributed by atoms with Gasteiger partial charge in [-0.2, -0.15) is 0 Å². The van der Waals surface area contributed by atoms with Crippen molar-refractivity contribution in [3.63, 3.8) is 0 Å². The Morgan fingerprint density at radius 1 is 0.957 bits per heavy atom. The van der Waals surface area contributed by atoms with Gasteiger partial charge in [-0.1, -0.05) is 45.0 Å². The number of morpholine rings is 1. The van der Waals surface area contributed by atoms with E-state index in [1.807, 2.05) is 6.07 Å². The predicted molar refractivity (Wildman–Crippen MR) is 184 cm³/mol. The monoisotopic (exact) mass is 663 g/mol. The zero-order valence-corrected chi connectivity index (χ0v) is 28.7. The highest BCUT2D eigenvalue weighted by atomic mass is 32.2.